The summed E-state index contributed by atoms with van der Waals surface area (Å²) >= 11 is 0. The highest BCUT2D eigenvalue weighted by Gasteiger charge is 2.20. The first-order chi connectivity index (χ1) is 10.3. The number of unbranched alkanes of at least 4 members (excludes halogenated alkanes) is 4. The Morgan fingerprint density at radius 2 is 1.95 bits per heavy atom. The van der Waals surface area contributed by atoms with Gasteiger partial charge in [-0.1, -0.05) is 32.6 Å². The lowest BCUT2D eigenvalue weighted by atomic mass is 10.1. The maximum absolute atomic E-state index is 5.97. The molecule has 0 atom stereocenters. The van der Waals surface area contributed by atoms with Gasteiger partial charge in [-0.3, -0.25) is 0 Å². The molecule has 1 aromatic rings. The second-order valence-electron chi connectivity index (χ2n) is 5.89. The zero-order chi connectivity index (χ0) is 14.9. The number of methoxy groups -OCH3 is 1. The summed E-state index contributed by atoms with van der Waals surface area (Å²) in [6.07, 6.45) is 8.95. The second kappa shape index (κ2) is 8.93. The molecule has 0 heterocycles. The van der Waals surface area contributed by atoms with Crippen molar-refractivity contribution in [3.63, 3.8) is 0 Å². The largest absolute Gasteiger partial charge is 0.497 e. The van der Waals surface area contributed by atoms with Crippen molar-refractivity contribution >= 4 is 0 Å². The molecule has 3 nitrogen and oxygen atoms in total. The van der Waals surface area contributed by atoms with Crippen LogP contribution in [0.2, 0.25) is 0 Å². The van der Waals surface area contributed by atoms with Crippen LogP contribution in [0.1, 0.15) is 57.4 Å². The number of nitrogens with one attached hydrogen (secondary N) is 1. The molecule has 0 bridgehead atoms. The Morgan fingerprint density at radius 3 is 2.67 bits per heavy atom. The van der Waals surface area contributed by atoms with Gasteiger partial charge in [0.05, 0.1) is 13.7 Å². The van der Waals surface area contributed by atoms with Gasteiger partial charge in [-0.15, -0.1) is 0 Å². The summed E-state index contributed by atoms with van der Waals surface area (Å²) in [6, 6.07) is 6.81. The summed E-state index contributed by atoms with van der Waals surface area (Å²) in [5, 5.41) is 3.55. The Bertz CT molecular complexity index is 416. The van der Waals surface area contributed by atoms with Crippen LogP contribution < -0.4 is 14.8 Å². The predicted molar refractivity (Wildman–Crippen MR) is 87.1 cm³/mol. The van der Waals surface area contributed by atoms with Gasteiger partial charge < -0.3 is 14.8 Å². The van der Waals surface area contributed by atoms with Crippen LogP contribution in [0.4, 0.5) is 0 Å². The molecule has 1 N–H and O–H groups in total. The third-order valence-electron chi connectivity index (χ3n) is 3.93. The Labute approximate surface area is 129 Å². The van der Waals surface area contributed by atoms with E-state index >= 15 is 0 Å². The van der Waals surface area contributed by atoms with Gasteiger partial charge in [0.1, 0.15) is 11.5 Å². The molecule has 0 amide bonds. The van der Waals surface area contributed by atoms with Crippen LogP contribution in [0.5, 0.6) is 11.5 Å². The number of rotatable bonds is 11. The molecule has 118 valence electrons. The Kier molecular flexibility index (Phi) is 6.87. The van der Waals surface area contributed by atoms with Gasteiger partial charge >= 0.3 is 0 Å². The van der Waals surface area contributed by atoms with Crippen LogP contribution in [-0.4, -0.2) is 19.8 Å². The van der Waals surface area contributed by atoms with Crippen molar-refractivity contribution in [3.05, 3.63) is 23.8 Å². The maximum atomic E-state index is 5.97. The lowest BCUT2D eigenvalue weighted by molar-refractivity contribution is 0.300. The number of ether oxygens (including phenoxy) is 2. The first-order valence-corrected chi connectivity index (χ1v) is 8.36. The summed E-state index contributed by atoms with van der Waals surface area (Å²) < 4.78 is 11.3. The predicted octanol–water partition coefficient (Wildman–Crippen LogP) is 4.30. The first kappa shape index (κ1) is 16.2. The molecule has 3 heteroatoms. The normalized spacial score (nSPS) is 14.2. The fourth-order valence-corrected chi connectivity index (χ4v) is 2.39. The Balaban J connectivity index is 1.81. The SMILES string of the molecule is CCCCCCCOc1ccc(OC)cc1CNC1CC1. The summed E-state index contributed by atoms with van der Waals surface area (Å²) in [5.74, 6) is 1.90. The molecule has 1 aliphatic carbocycles. The van der Waals surface area contributed by atoms with E-state index in [2.05, 4.69) is 18.3 Å². The van der Waals surface area contributed by atoms with Gasteiger partial charge in [0.15, 0.2) is 0 Å². The van der Waals surface area contributed by atoms with Crippen molar-refractivity contribution < 1.29 is 9.47 Å². The highest BCUT2D eigenvalue weighted by atomic mass is 16.5. The van der Waals surface area contributed by atoms with Crippen LogP contribution in [0.15, 0.2) is 18.2 Å². The van der Waals surface area contributed by atoms with Crippen molar-refractivity contribution in [1.29, 1.82) is 0 Å². The molecular formula is C18H29NO2. The average molecular weight is 291 g/mol. The van der Waals surface area contributed by atoms with Crippen molar-refractivity contribution in [3.8, 4) is 11.5 Å². The number of benzene rings is 1. The third kappa shape index (κ3) is 5.96. The molecule has 0 spiro atoms. The smallest absolute Gasteiger partial charge is 0.124 e. The zero-order valence-corrected chi connectivity index (χ0v) is 13.5. The van der Waals surface area contributed by atoms with Crippen LogP contribution in [0.25, 0.3) is 0 Å². The fourth-order valence-electron chi connectivity index (χ4n) is 2.39. The highest BCUT2D eigenvalue weighted by Crippen LogP contribution is 2.26. The molecule has 0 saturated heterocycles. The van der Waals surface area contributed by atoms with Gasteiger partial charge in [-0.2, -0.15) is 0 Å². The van der Waals surface area contributed by atoms with Crippen LogP contribution in [0.3, 0.4) is 0 Å². The summed E-state index contributed by atoms with van der Waals surface area (Å²) in [5.41, 5.74) is 1.20. The highest BCUT2D eigenvalue weighted by molar-refractivity contribution is 5.40. The molecule has 0 aliphatic heterocycles. The summed E-state index contributed by atoms with van der Waals surface area (Å²) in [7, 11) is 1.71. The second-order valence-corrected chi connectivity index (χ2v) is 5.89. The van der Waals surface area contributed by atoms with Crippen molar-refractivity contribution in [2.45, 2.75) is 64.5 Å². The van der Waals surface area contributed by atoms with Gasteiger partial charge in [-0.25, -0.2) is 0 Å². The van der Waals surface area contributed by atoms with E-state index in [-0.39, 0.29) is 0 Å². The molecule has 1 aliphatic rings. The molecule has 0 aromatic heterocycles. The topological polar surface area (TPSA) is 30.5 Å². The van der Waals surface area contributed by atoms with Gasteiger partial charge in [0.25, 0.3) is 0 Å². The summed E-state index contributed by atoms with van der Waals surface area (Å²) in [4.78, 5) is 0. The molecule has 1 aromatic carbocycles. The van der Waals surface area contributed by atoms with E-state index in [1.807, 2.05) is 12.1 Å². The standard InChI is InChI=1S/C18H29NO2/c1-3-4-5-6-7-12-21-18-11-10-17(20-2)13-15(18)14-19-16-8-9-16/h10-11,13,16,19H,3-9,12,14H2,1-2H3. The average Bonchev–Trinajstić information content (AvgIpc) is 3.33. The van der Waals surface area contributed by atoms with Crippen LogP contribution in [0, 0.1) is 0 Å². The van der Waals surface area contributed by atoms with Crippen molar-refractivity contribution in [2.75, 3.05) is 13.7 Å². The molecule has 0 unspecified atom stereocenters. The Morgan fingerprint density at radius 1 is 1.14 bits per heavy atom. The van der Waals surface area contributed by atoms with E-state index in [9.17, 15) is 0 Å². The lowest BCUT2D eigenvalue weighted by Gasteiger charge is -2.13. The first-order valence-electron chi connectivity index (χ1n) is 8.36. The fraction of sp³-hybridized carbons (Fsp3) is 0.667. The van der Waals surface area contributed by atoms with Gasteiger partial charge in [0, 0.05) is 18.2 Å². The molecule has 1 saturated carbocycles. The van der Waals surface area contributed by atoms with Gasteiger partial charge in [-0.05, 0) is 37.5 Å². The van der Waals surface area contributed by atoms with Crippen LogP contribution >= 0.6 is 0 Å². The summed E-state index contributed by atoms with van der Waals surface area (Å²) in [6.45, 7) is 3.92. The van der Waals surface area contributed by atoms with E-state index < -0.39 is 0 Å². The van der Waals surface area contributed by atoms with Crippen molar-refractivity contribution in [1.82, 2.24) is 5.32 Å². The third-order valence-corrected chi connectivity index (χ3v) is 3.93. The minimum absolute atomic E-state index is 0.707. The van der Waals surface area contributed by atoms with Gasteiger partial charge in [0.2, 0.25) is 0 Å². The zero-order valence-electron chi connectivity index (χ0n) is 13.5. The van der Waals surface area contributed by atoms with E-state index in [0.717, 1.165) is 31.1 Å². The van der Waals surface area contributed by atoms with E-state index in [0.29, 0.717) is 6.04 Å². The minimum Gasteiger partial charge on any atom is -0.497 e. The lowest BCUT2D eigenvalue weighted by Crippen LogP contribution is -2.16. The van der Waals surface area contributed by atoms with E-state index in [1.165, 1.54) is 44.1 Å². The number of hydrogen-bond donors (Lipinski definition) is 1. The Hall–Kier alpha value is -1.22. The number of hydrogen-bond acceptors (Lipinski definition) is 3. The maximum Gasteiger partial charge on any atom is 0.124 e. The molecular weight excluding hydrogens is 262 g/mol. The van der Waals surface area contributed by atoms with E-state index in [1.54, 1.807) is 7.11 Å². The van der Waals surface area contributed by atoms with Crippen LogP contribution in [-0.2, 0) is 6.54 Å². The molecule has 21 heavy (non-hydrogen) atoms. The quantitative estimate of drug-likeness (QED) is 0.617. The van der Waals surface area contributed by atoms with E-state index in [4.69, 9.17) is 9.47 Å². The molecule has 2 rings (SSSR count). The molecule has 1 fully saturated rings. The monoisotopic (exact) mass is 291 g/mol. The van der Waals surface area contributed by atoms with Crippen molar-refractivity contribution in [2.24, 2.45) is 0 Å². The minimum atomic E-state index is 0.707. The molecule has 0 radical (unpaired) electrons.